The zero-order chi connectivity index (χ0) is 35.5. The van der Waals surface area contributed by atoms with Crippen molar-refractivity contribution >= 4 is 33.6 Å². The highest BCUT2D eigenvalue weighted by atomic mass is 32.1. The Morgan fingerprint density at radius 1 is 1.08 bits per heavy atom. The van der Waals surface area contributed by atoms with Crippen LogP contribution in [0.3, 0.4) is 0 Å². The number of tetrazole rings is 1. The number of aryl methyl sites for hydroxylation is 2. The van der Waals surface area contributed by atoms with Gasteiger partial charge in [-0.3, -0.25) is 4.79 Å². The molecule has 1 aromatic carbocycles. The van der Waals surface area contributed by atoms with Gasteiger partial charge in [0.15, 0.2) is 10.8 Å². The lowest BCUT2D eigenvalue weighted by Crippen LogP contribution is -2.38. The van der Waals surface area contributed by atoms with Crippen LogP contribution in [-0.2, 0) is 24.7 Å². The van der Waals surface area contributed by atoms with E-state index < -0.39 is 12.1 Å². The maximum absolute atomic E-state index is 13.6. The molecule has 12 nitrogen and oxygen atoms in total. The number of benzene rings is 1. The smallest absolute Gasteiger partial charge is 0.475 e. The summed E-state index contributed by atoms with van der Waals surface area (Å²) in [6, 6.07) is 10.0. The number of aliphatic hydroxyl groups is 1. The number of carboxylic acid groups (broad SMARTS) is 1. The second kappa shape index (κ2) is 14.8. The number of halogens is 3. The third-order valence-corrected chi connectivity index (χ3v) is 10.2. The maximum atomic E-state index is 13.6. The Hall–Kier alpha value is -4.02. The predicted octanol–water partition coefficient (Wildman–Crippen LogP) is 4.98. The van der Waals surface area contributed by atoms with Crippen molar-refractivity contribution in [3.63, 3.8) is 0 Å². The average molecular weight is 703 g/mol. The first kappa shape index (κ1) is 36.3. The molecule has 0 saturated carbocycles. The van der Waals surface area contributed by atoms with Crippen LogP contribution in [0.2, 0.25) is 0 Å². The summed E-state index contributed by atoms with van der Waals surface area (Å²) < 4.78 is 33.4. The van der Waals surface area contributed by atoms with Gasteiger partial charge in [0.2, 0.25) is 0 Å². The fourth-order valence-electron chi connectivity index (χ4n) is 6.18. The number of carboxylic acids is 1. The molecule has 49 heavy (non-hydrogen) atoms. The number of aliphatic carboxylic acids is 1. The summed E-state index contributed by atoms with van der Waals surface area (Å²) in [5.41, 5.74) is 5.42. The number of thiazole rings is 1. The fraction of sp³-hybridized carbons (Fsp3) is 0.545. The van der Waals surface area contributed by atoms with Gasteiger partial charge in [0.25, 0.3) is 5.91 Å². The number of nitrogens with one attached hydrogen (secondary N) is 1. The molecule has 3 N–H and O–H groups in total. The van der Waals surface area contributed by atoms with Crippen molar-refractivity contribution in [2.45, 2.75) is 77.6 Å². The lowest BCUT2D eigenvalue weighted by molar-refractivity contribution is -0.192. The Morgan fingerprint density at radius 2 is 1.76 bits per heavy atom. The number of aromatic nitrogens is 6. The van der Waals surface area contributed by atoms with Crippen LogP contribution in [-0.4, -0.2) is 89.1 Å². The molecule has 2 atom stereocenters. The first-order chi connectivity index (χ1) is 23.1. The number of fused-ring (bicyclic) bond motifs is 2. The van der Waals surface area contributed by atoms with Crippen molar-refractivity contribution in [3.05, 3.63) is 52.2 Å². The van der Waals surface area contributed by atoms with Crippen molar-refractivity contribution in [1.29, 1.82) is 0 Å². The Labute approximate surface area is 285 Å². The molecule has 2 aliphatic rings. The van der Waals surface area contributed by atoms with E-state index in [9.17, 15) is 23.1 Å². The lowest BCUT2D eigenvalue weighted by Gasteiger charge is -2.34. The van der Waals surface area contributed by atoms with Crippen LogP contribution >= 0.6 is 11.3 Å². The summed E-state index contributed by atoms with van der Waals surface area (Å²) in [5, 5.41) is 32.6. The van der Waals surface area contributed by atoms with Crippen LogP contribution in [0.15, 0.2) is 30.3 Å². The van der Waals surface area contributed by atoms with Crippen molar-refractivity contribution in [2.75, 3.05) is 19.6 Å². The number of piperidine rings is 1. The quantitative estimate of drug-likeness (QED) is 0.240. The van der Waals surface area contributed by atoms with Crippen LogP contribution in [0, 0.1) is 11.3 Å². The third-order valence-electron chi connectivity index (χ3n) is 9.20. The molecular weight excluding hydrogens is 661 g/mol. The minimum Gasteiger partial charge on any atom is -0.475 e. The highest BCUT2D eigenvalue weighted by Gasteiger charge is 2.38. The first-order valence-corrected chi connectivity index (χ1v) is 17.0. The molecule has 264 valence electrons. The average Bonchev–Trinajstić information content (AvgIpc) is 3.67. The highest BCUT2D eigenvalue weighted by Crippen LogP contribution is 2.38. The van der Waals surface area contributed by atoms with E-state index in [0.29, 0.717) is 16.7 Å². The third kappa shape index (κ3) is 9.16. The monoisotopic (exact) mass is 702 g/mol. The SMILES string of the molecule is Cn1nnnc1-c1ccc([C@@H](CCN2CCC(O)CC2)NC(=O)c2nc3cc4c(nc3s2)CC[C@H](C(C)(C)C)C4)cc1.O=C(O)C(F)(F)F. The van der Waals surface area contributed by atoms with Crippen LogP contribution in [0.4, 0.5) is 13.2 Å². The molecule has 1 aliphatic heterocycles. The molecular formula is C33H41F3N8O4S. The summed E-state index contributed by atoms with van der Waals surface area (Å²) in [6.07, 6.45) is 0.160. The van der Waals surface area contributed by atoms with Gasteiger partial charge in [0.05, 0.1) is 12.1 Å². The van der Waals surface area contributed by atoms with E-state index in [1.54, 1.807) is 4.68 Å². The largest absolute Gasteiger partial charge is 0.490 e. The number of carbonyl (C=O) groups is 2. The van der Waals surface area contributed by atoms with Gasteiger partial charge in [-0.15, -0.1) is 5.10 Å². The van der Waals surface area contributed by atoms with Crippen molar-refractivity contribution in [2.24, 2.45) is 18.4 Å². The molecule has 1 amide bonds. The van der Waals surface area contributed by atoms with Crippen molar-refractivity contribution in [1.82, 2.24) is 40.4 Å². The summed E-state index contributed by atoms with van der Waals surface area (Å²) >= 11 is 1.37. The number of aliphatic hydroxyl groups excluding tert-OH is 1. The Balaban J connectivity index is 0.000000606. The van der Waals surface area contributed by atoms with E-state index >= 15 is 0 Å². The molecule has 0 unspecified atom stereocenters. The maximum Gasteiger partial charge on any atom is 0.490 e. The topological polar surface area (TPSA) is 159 Å². The molecule has 0 spiro atoms. The number of nitrogens with zero attached hydrogens (tertiary/aromatic N) is 7. The molecule has 1 saturated heterocycles. The first-order valence-electron chi connectivity index (χ1n) is 16.2. The molecule has 6 rings (SSSR count). The van der Waals surface area contributed by atoms with Gasteiger partial charge in [0, 0.05) is 37.9 Å². The summed E-state index contributed by atoms with van der Waals surface area (Å²) in [7, 11) is 1.81. The lowest BCUT2D eigenvalue weighted by atomic mass is 9.71. The number of likely N-dealkylation sites (tertiary alicyclic amines) is 1. The van der Waals surface area contributed by atoms with Gasteiger partial charge in [-0.05, 0) is 77.5 Å². The number of hydrogen-bond acceptors (Lipinski definition) is 10. The number of pyridine rings is 1. The minimum absolute atomic E-state index is 0.177. The van der Waals surface area contributed by atoms with Gasteiger partial charge >= 0.3 is 12.1 Å². The van der Waals surface area contributed by atoms with Gasteiger partial charge in [-0.25, -0.2) is 19.4 Å². The number of carbonyl (C=O) groups excluding carboxylic acids is 1. The molecule has 0 bridgehead atoms. The summed E-state index contributed by atoms with van der Waals surface area (Å²) in [5.74, 6) is -1.63. The van der Waals surface area contributed by atoms with E-state index in [2.05, 4.69) is 52.6 Å². The highest BCUT2D eigenvalue weighted by molar-refractivity contribution is 7.19. The Kier molecular flexibility index (Phi) is 11.0. The molecule has 3 aromatic heterocycles. The molecule has 0 radical (unpaired) electrons. The Morgan fingerprint density at radius 3 is 2.35 bits per heavy atom. The molecule has 1 aliphatic carbocycles. The van der Waals surface area contributed by atoms with Crippen LogP contribution in [0.5, 0.6) is 0 Å². The number of rotatable bonds is 7. The second-order valence-electron chi connectivity index (χ2n) is 13.7. The van der Waals surface area contributed by atoms with Gasteiger partial charge in [0.1, 0.15) is 10.3 Å². The zero-order valence-corrected chi connectivity index (χ0v) is 28.7. The summed E-state index contributed by atoms with van der Waals surface area (Å²) in [6.45, 7) is 9.49. The van der Waals surface area contributed by atoms with Gasteiger partial charge in [-0.1, -0.05) is 56.4 Å². The summed E-state index contributed by atoms with van der Waals surface area (Å²) in [4.78, 5) is 35.4. The predicted molar refractivity (Wildman–Crippen MR) is 177 cm³/mol. The standard InChI is InChI=1S/C31H40N8O2S.C2HF3O2/c1-31(2,3)22-9-10-24-21(17-22)18-26-29(33-24)42-30(34-26)28(41)32-25(13-16-39-14-11-23(40)12-15-39)19-5-7-20(8-6-19)27-35-36-37-38(27)4;3-2(4,5)1(6)7/h5-8,18,22-23,25,40H,9-17H2,1-4H3,(H,32,41);(H,6,7)/t22-,25+;/m0./s1. The van der Waals surface area contributed by atoms with E-state index in [4.69, 9.17) is 19.9 Å². The number of alkyl halides is 3. The second-order valence-corrected chi connectivity index (χ2v) is 14.7. The molecule has 4 aromatic rings. The number of amides is 1. The van der Waals surface area contributed by atoms with E-state index in [1.807, 2.05) is 31.3 Å². The number of hydrogen-bond donors (Lipinski definition) is 3. The van der Waals surface area contributed by atoms with E-state index in [-0.39, 0.29) is 23.5 Å². The zero-order valence-electron chi connectivity index (χ0n) is 27.9. The van der Waals surface area contributed by atoms with Gasteiger partial charge < -0.3 is 20.4 Å². The molecule has 4 heterocycles. The van der Waals surface area contributed by atoms with Crippen molar-refractivity contribution in [3.8, 4) is 11.4 Å². The molecule has 1 fully saturated rings. The van der Waals surface area contributed by atoms with Crippen LogP contribution in [0.25, 0.3) is 21.7 Å². The van der Waals surface area contributed by atoms with E-state index in [1.165, 1.54) is 16.9 Å². The van der Waals surface area contributed by atoms with Crippen molar-refractivity contribution < 1.29 is 33.0 Å². The molecule has 16 heteroatoms. The van der Waals surface area contributed by atoms with Gasteiger partial charge in [-0.2, -0.15) is 13.2 Å². The fourth-order valence-corrected chi connectivity index (χ4v) is 7.03. The van der Waals surface area contributed by atoms with E-state index in [0.717, 1.165) is 85.3 Å². The normalized spacial score (nSPS) is 18.0. The van der Waals surface area contributed by atoms with Crippen LogP contribution < -0.4 is 5.32 Å². The van der Waals surface area contributed by atoms with Crippen LogP contribution in [0.1, 0.15) is 79.1 Å². The minimum atomic E-state index is -5.08. The Bertz CT molecular complexity index is 1760.